The zero-order valence-corrected chi connectivity index (χ0v) is 22.8. The van der Waals surface area contributed by atoms with E-state index in [1.54, 1.807) is 12.4 Å². The number of benzene rings is 1. The van der Waals surface area contributed by atoms with Crippen LogP contribution >= 0.6 is 0 Å². The van der Waals surface area contributed by atoms with E-state index in [-0.39, 0.29) is 12.1 Å². The van der Waals surface area contributed by atoms with Gasteiger partial charge in [-0.1, -0.05) is 6.92 Å². The lowest BCUT2D eigenvalue weighted by Gasteiger charge is -2.34. The van der Waals surface area contributed by atoms with Gasteiger partial charge in [-0.3, -0.25) is 9.69 Å². The maximum Gasteiger partial charge on any atom is 0.313 e. The summed E-state index contributed by atoms with van der Waals surface area (Å²) in [4.78, 5) is 31.2. The van der Waals surface area contributed by atoms with E-state index in [1.807, 2.05) is 32.9 Å². The summed E-state index contributed by atoms with van der Waals surface area (Å²) < 4.78 is 5.45. The highest BCUT2D eigenvalue weighted by Gasteiger charge is 2.41. The number of nitrogens with two attached hydrogens (primary N) is 1. The predicted molar refractivity (Wildman–Crippen MR) is 151 cm³/mol. The summed E-state index contributed by atoms with van der Waals surface area (Å²) in [6.07, 6.45) is 4.99. The number of ether oxygens (including phenoxy) is 1. The number of likely N-dealkylation sites (N-methyl/N-ethyl adjacent to an activating group) is 1. The summed E-state index contributed by atoms with van der Waals surface area (Å²) in [7, 11) is 2.22. The van der Waals surface area contributed by atoms with Gasteiger partial charge in [0.1, 0.15) is 5.82 Å². The molecule has 3 atom stereocenters. The monoisotopic (exact) mass is 515 g/mol. The third kappa shape index (κ3) is 5.15. The van der Waals surface area contributed by atoms with E-state index in [0.29, 0.717) is 41.5 Å². The Balaban J connectivity index is 1.34. The second-order valence-corrected chi connectivity index (χ2v) is 10.7. The van der Waals surface area contributed by atoms with Gasteiger partial charge in [0.05, 0.1) is 17.7 Å². The molecule has 0 aliphatic carbocycles. The average molecular weight is 516 g/mol. The van der Waals surface area contributed by atoms with Crippen LogP contribution in [-0.2, 0) is 9.53 Å². The molecule has 3 N–H and O–H groups in total. The summed E-state index contributed by atoms with van der Waals surface area (Å²) in [5.41, 5.74) is 11.7. The highest BCUT2D eigenvalue weighted by molar-refractivity contribution is 5.81. The standard InChI is InChI=1S/C29H37N7O2/c1-6-23(28(37)38-17(2)3)24-12-19(14-32-27(24)30)25-9-10-31-29(34-25)33-20-7-8-26(18(4)11-20)36-16-21-13-22(36)15-35(21)5/h7-12,14,17,21-23H,6,13,15-16H2,1-5H3,(H2,30,32)(H,31,33,34). The van der Waals surface area contributed by atoms with Crippen molar-refractivity contribution >= 4 is 29.1 Å². The van der Waals surface area contributed by atoms with Crippen molar-refractivity contribution in [3.8, 4) is 11.3 Å². The minimum Gasteiger partial charge on any atom is -0.463 e. The van der Waals surface area contributed by atoms with Crippen LogP contribution < -0.4 is 16.0 Å². The molecule has 2 aliphatic heterocycles. The first-order valence-corrected chi connectivity index (χ1v) is 13.4. The third-order valence-corrected chi connectivity index (χ3v) is 7.60. The largest absolute Gasteiger partial charge is 0.463 e. The first-order valence-electron chi connectivity index (χ1n) is 13.4. The molecule has 5 rings (SSSR count). The Labute approximate surface area is 224 Å². The van der Waals surface area contributed by atoms with E-state index in [9.17, 15) is 4.79 Å². The molecular formula is C29H37N7O2. The number of likely N-dealkylation sites (tertiary alicyclic amines) is 1. The molecule has 2 bridgehead atoms. The SMILES string of the molecule is CCC(C(=O)OC(C)C)c1cc(-c2ccnc(Nc3ccc(N4CC5CC4CN5C)c(C)c3)n2)cnc1N. The number of carbonyl (C=O) groups excluding carboxylic acids is 1. The van der Waals surface area contributed by atoms with E-state index >= 15 is 0 Å². The zero-order chi connectivity index (χ0) is 27.0. The van der Waals surface area contributed by atoms with Crippen molar-refractivity contribution in [3.05, 3.63) is 53.9 Å². The maximum absolute atomic E-state index is 12.7. The number of pyridine rings is 1. The van der Waals surface area contributed by atoms with E-state index in [0.717, 1.165) is 24.3 Å². The van der Waals surface area contributed by atoms with E-state index in [1.165, 1.54) is 17.7 Å². The Bertz CT molecular complexity index is 1330. The van der Waals surface area contributed by atoms with Gasteiger partial charge in [0.25, 0.3) is 0 Å². The van der Waals surface area contributed by atoms with E-state index in [4.69, 9.17) is 15.5 Å². The Hall–Kier alpha value is -3.72. The topological polar surface area (TPSA) is 110 Å². The number of fused-ring (bicyclic) bond motifs is 2. The van der Waals surface area contributed by atoms with Gasteiger partial charge in [0, 0.05) is 60.1 Å². The van der Waals surface area contributed by atoms with Gasteiger partial charge in [-0.15, -0.1) is 0 Å². The highest BCUT2D eigenvalue weighted by atomic mass is 16.5. The molecule has 0 radical (unpaired) electrons. The molecular weight excluding hydrogens is 478 g/mol. The molecule has 9 nitrogen and oxygen atoms in total. The average Bonchev–Trinajstić information content (AvgIpc) is 3.45. The minimum absolute atomic E-state index is 0.200. The number of carbonyl (C=O) groups is 1. The zero-order valence-electron chi connectivity index (χ0n) is 22.8. The molecule has 3 unspecified atom stereocenters. The van der Waals surface area contributed by atoms with Crippen LogP contribution in [0.1, 0.15) is 50.7 Å². The third-order valence-electron chi connectivity index (χ3n) is 7.60. The number of anilines is 4. The lowest BCUT2D eigenvalue weighted by molar-refractivity contribution is -0.149. The van der Waals surface area contributed by atoms with Gasteiger partial charge in [0.15, 0.2) is 0 Å². The fourth-order valence-corrected chi connectivity index (χ4v) is 5.66. The highest BCUT2D eigenvalue weighted by Crippen LogP contribution is 2.36. The summed E-state index contributed by atoms with van der Waals surface area (Å²) in [6, 6.07) is 11.4. The number of nitrogens with one attached hydrogen (secondary N) is 1. The van der Waals surface area contributed by atoms with Crippen molar-refractivity contribution in [2.24, 2.45) is 0 Å². The van der Waals surface area contributed by atoms with Gasteiger partial charge >= 0.3 is 5.97 Å². The number of hydrogen-bond acceptors (Lipinski definition) is 9. The lowest BCUT2D eigenvalue weighted by Crippen LogP contribution is -2.44. The van der Waals surface area contributed by atoms with Crippen LogP contribution in [0.3, 0.4) is 0 Å². The molecule has 3 aromatic rings. The number of nitrogen functional groups attached to an aromatic ring is 1. The Morgan fingerprint density at radius 2 is 2.00 bits per heavy atom. The van der Waals surface area contributed by atoms with E-state index in [2.05, 4.69) is 57.3 Å². The van der Waals surface area contributed by atoms with Crippen LogP contribution in [-0.4, -0.2) is 64.1 Å². The second kappa shape index (κ2) is 10.6. The molecule has 200 valence electrons. The van der Waals surface area contributed by atoms with Crippen LogP contribution in [0.4, 0.5) is 23.1 Å². The first-order chi connectivity index (χ1) is 18.2. The molecule has 2 aromatic heterocycles. The molecule has 0 amide bonds. The van der Waals surface area contributed by atoms with Crippen LogP contribution in [0.25, 0.3) is 11.3 Å². The smallest absolute Gasteiger partial charge is 0.313 e. The molecule has 0 spiro atoms. The molecule has 2 fully saturated rings. The van der Waals surface area contributed by atoms with Crippen molar-refractivity contribution in [1.82, 2.24) is 19.9 Å². The summed E-state index contributed by atoms with van der Waals surface area (Å²) in [5, 5.41) is 3.35. The second-order valence-electron chi connectivity index (χ2n) is 10.7. The number of aromatic nitrogens is 3. The number of nitrogens with zero attached hydrogens (tertiary/aromatic N) is 5. The molecule has 1 aromatic carbocycles. The van der Waals surface area contributed by atoms with Gasteiger partial charge in [0.2, 0.25) is 5.95 Å². The molecule has 2 aliphatic rings. The van der Waals surface area contributed by atoms with Crippen LogP contribution in [0.2, 0.25) is 0 Å². The van der Waals surface area contributed by atoms with Crippen LogP contribution in [0.5, 0.6) is 0 Å². The molecule has 0 saturated carbocycles. The Morgan fingerprint density at radius 3 is 2.66 bits per heavy atom. The van der Waals surface area contributed by atoms with E-state index < -0.39 is 5.92 Å². The molecule has 9 heteroatoms. The fourth-order valence-electron chi connectivity index (χ4n) is 5.66. The van der Waals surface area contributed by atoms with Crippen molar-refractivity contribution in [3.63, 3.8) is 0 Å². The normalized spacial score (nSPS) is 19.7. The van der Waals surface area contributed by atoms with Gasteiger partial charge in [-0.05, 0) is 76.6 Å². The van der Waals surface area contributed by atoms with Gasteiger partial charge in [-0.2, -0.15) is 0 Å². The van der Waals surface area contributed by atoms with Crippen LogP contribution in [0, 0.1) is 6.92 Å². The van der Waals surface area contributed by atoms with Crippen LogP contribution in [0.15, 0.2) is 42.7 Å². The number of rotatable bonds is 8. The van der Waals surface area contributed by atoms with Crippen molar-refractivity contribution in [2.75, 3.05) is 36.1 Å². The molecule has 2 saturated heterocycles. The molecule has 38 heavy (non-hydrogen) atoms. The quantitative estimate of drug-likeness (QED) is 0.419. The number of piperazine rings is 1. The summed E-state index contributed by atoms with van der Waals surface area (Å²) in [5.74, 6) is 0.0195. The molecule has 4 heterocycles. The minimum atomic E-state index is -0.489. The van der Waals surface area contributed by atoms with Gasteiger partial charge < -0.3 is 20.7 Å². The fraction of sp³-hybridized carbons (Fsp3) is 0.448. The maximum atomic E-state index is 12.7. The first kappa shape index (κ1) is 25.9. The van der Waals surface area contributed by atoms with Crippen molar-refractivity contribution in [2.45, 2.75) is 64.6 Å². The summed E-state index contributed by atoms with van der Waals surface area (Å²) >= 11 is 0. The van der Waals surface area contributed by atoms with Crippen molar-refractivity contribution in [1.29, 1.82) is 0 Å². The van der Waals surface area contributed by atoms with Crippen molar-refractivity contribution < 1.29 is 9.53 Å². The Kier molecular flexibility index (Phi) is 7.21. The number of hydrogen-bond donors (Lipinski definition) is 2. The lowest BCUT2D eigenvalue weighted by atomic mass is 9.95. The number of esters is 1. The predicted octanol–water partition coefficient (Wildman–Crippen LogP) is 4.51. The summed E-state index contributed by atoms with van der Waals surface area (Å²) in [6.45, 7) is 9.98. The van der Waals surface area contributed by atoms with Gasteiger partial charge in [-0.25, -0.2) is 15.0 Å². The number of aryl methyl sites for hydroxylation is 1. The Morgan fingerprint density at radius 1 is 1.18 bits per heavy atom.